The third-order valence-corrected chi connectivity index (χ3v) is 6.44. The Bertz CT molecular complexity index is 1480. The average Bonchev–Trinajstić information content (AvgIpc) is 3.43. The lowest BCUT2D eigenvalue weighted by molar-refractivity contribution is 0.0649. The van der Waals surface area contributed by atoms with Crippen molar-refractivity contribution >= 4 is 23.4 Å². The van der Waals surface area contributed by atoms with Crippen LogP contribution < -0.4 is 10.6 Å². The minimum Gasteiger partial charge on any atom is -0.421 e. The van der Waals surface area contributed by atoms with E-state index in [0.29, 0.717) is 52.6 Å². The van der Waals surface area contributed by atoms with Crippen LogP contribution in [0.5, 0.6) is 0 Å². The number of benzene rings is 1. The van der Waals surface area contributed by atoms with Gasteiger partial charge in [-0.2, -0.15) is 0 Å². The molecule has 0 unspecified atom stereocenters. The highest BCUT2D eigenvalue weighted by Crippen LogP contribution is 2.38. The van der Waals surface area contributed by atoms with Crippen molar-refractivity contribution in [2.45, 2.75) is 32.4 Å². The minimum atomic E-state index is -0.621. The van der Waals surface area contributed by atoms with Crippen LogP contribution in [0.15, 0.2) is 65.9 Å². The number of hydrogen-bond donors (Lipinski definition) is 3. The third-order valence-electron chi connectivity index (χ3n) is 6.44. The van der Waals surface area contributed by atoms with Crippen molar-refractivity contribution in [1.29, 1.82) is 0 Å². The molecule has 4 aromatic rings. The summed E-state index contributed by atoms with van der Waals surface area (Å²) < 4.78 is 5.65. The Morgan fingerprint density at radius 2 is 1.92 bits per heavy atom. The van der Waals surface area contributed by atoms with Crippen molar-refractivity contribution < 1.29 is 14.3 Å². The number of aromatic nitrogens is 5. The van der Waals surface area contributed by atoms with E-state index in [1.54, 1.807) is 30.2 Å². The van der Waals surface area contributed by atoms with Crippen LogP contribution in [0, 0.1) is 6.92 Å². The van der Waals surface area contributed by atoms with Crippen molar-refractivity contribution in [2.24, 2.45) is 0 Å². The Hall–Kier alpha value is -4.64. The van der Waals surface area contributed by atoms with Crippen LogP contribution in [0.1, 0.15) is 47.4 Å². The lowest BCUT2D eigenvalue weighted by Crippen LogP contribution is -2.39. The standard InChI is InChI=1S/C27H28N8O3/c1-5-11-35-25(37)19-14-29-26(32-23(19)27(35,3)4)31-22-12-20(18(13-28-22)24-34-33-16(2)38-24)30-21(15-36)17-9-7-6-8-10-17/h5-10,12-14,21,36H,1,11,15H2,2-4H3,(H2,28,29,30,31,32)/t21-/m1/s1. The summed E-state index contributed by atoms with van der Waals surface area (Å²) in [5.41, 5.74) is 2.57. The Balaban J connectivity index is 1.49. The van der Waals surface area contributed by atoms with E-state index in [9.17, 15) is 9.90 Å². The molecule has 0 fully saturated rings. The van der Waals surface area contributed by atoms with Gasteiger partial charge in [-0.1, -0.05) is 36.4 Å². The largest absolute Gasteiger partial charge is 0.421 e. The number of pyridine rings is 1. The molecular formula is C27H28N8O3. The molecule has 0 radical (unpaired) electrons. The van der Waals surface area contributed by atoms with Crippen molar-refractivity contribution in [2.75, 3.05) is 23.8 Å². The normalized spacial score (nSPS) is 14.7. The number of fused-ring (bicyclic) bond motifs is 1. The number of aryl methyl sites for hydroxylation is 1. The molecule has 0 aliphatic carbocycles. The fraction of sp³-hybridized carbons (Fsp3) is 0.259. The van der Waals surface area contributed by atoms with E-state index in [0.717, 1.165) is 5.56 Å². The Labute approximate surface area is 219 Å². The molecule has 1 amide bonds. The molecule has 3 N–H and O–H groups in total. The molecule has 1 atom stereocenters. The molecule has 1 aliphatic heterocycles. The van der Waals surface area contributed by atoms with E-state index in [1.807, 2.05) is 44.2 Å². The molecule has 1 aromatic carbocycles. The molecule has 11 heteroatoms. The molecule has 11 nitrogen and oxygen atoms in total. The van der Waals surface area contributed by atoms with Crippen LogP contribution in [0.2, 0.25) is 0 Å². The molecule has 4 heterocycles. The molecule has 3 aromatic heterocycles. The van der Waals surface area contributed by atoms with E-state index >= 15 is 0 Å². The van der Waals surface area contributed by atoms with Gasteiger partial charge in [-0.05, 0) is 19.4 Å². The van der Waals surface area contributed by atoms with Crippen LogP contribution in [0.4, 0.5) is 17.5 Å². The predicted molar refractivity (Wildman–Crippen MR) is 142 cm³/mol. The number of nitrogens with one attached hydrogen (secondary N) is 2. The lowest BCUT2D eigenvalue weighted by atomic mass is 10.0. The highest BCUT2D eigenvalue weighted by molar-refractivity contribution is 5.99. The zero-order valence-electron chi connectivity index (χ0n) is 21.3. The van der Waals surface area contributed by atoms with Gasteiger partial charge in [-0.3, -0.25) is 4.79 Å². The molecule has 5 rings (SSSR count). The lowest BCUT2D eigenvalue weighted by Gasteiger charge is -2.30. The van der Waals surface area contributed by atoms with Gasteiger partial charge in [0.15, 0.2) is 0 Å². The zero-order chi connectivity index (χ0) is 26.9. The topological polar surface area (TPSA) is 142 Å². The molecule has 0 saturated carbocycles. The van der Waals surface area contributed by atoms with Crippen LogP contribution >= 0.6 is 0 Å². The number of carbonyl (C=O) groups excluding carboxylic acids is 1. The van der Waals surface area contributed by atoms with E-state index in [4.69, 9.17) is 4.42 Å². The predicted octanol–water partition coefficient (Wildman–Crippen LogP) is 4.00. The maximum Gasteiger partial charge on any atom is 0.258 e. The number of aliphatic hydroxyl groups excluding tert-OH is 1. The van der Waals surface area contributed by atoms with Crippen molar-refractivity contribution in [3.05, 3.63) is 84.2 Å². The first-order valence-corrected chi connectivity index (χ1v) is 12.1. The van der Waals surface area contributed by atoms with Gasteiger partial charge in [-0.15, -0.1) is 16.8 Å². The second kappa shape index (κ2) is 10.0. The molecule has 0 bridgehead atoms. The first kappa shape index (κ1) is 25.0. The Kier molecular flexibility index (Phi) is 6.60. The van der Waals surface area contributed by atoms with Crippen molar-refractivity contribution in [3.63, 3.8) is 0 Å². The SMILES string of the molecule is C=CCN1C(=O)c2cnc(Nc3cc(N[C@H](CO)c4ccccc4)c(-c4nnc(C)o4)cn3)nc2C1(C)C. The quantitative estimate of drug-likeness (QED) is 0.282. The van der Waals surface area contributed by atoms with E-state index in [-0.39, 0.29) is 12.5 Å². The van der Waals surface area contributed by atoms with Gasteiger partial charge in [0.1, 0.15) is 5.82 Å². The number of hydrogen-bond acceptors (Lipinski definition) is 10. The van der Waals surface area contributed by atoms with Gasteiger partial charge in [0.05, 0.1) is 40.7 Å². The number of anilines is 3. The summed E-state index contributed by atoms with van der Waals surface area (Å²) in [7, 11) is 0. The molecule has 1 aliphatic rings. The number of nitrogens with zero attached hydrogens (tertiary/aromatic N) is 6. The van der Waals surface area contributed by atoms with Gasteiger partial charge in [0.2, 0.25) is 11.8 Å². The zero-order valence-corrected chi connectivity index (χ0v) is 21.3. The smallest absolute Gasteiger partial charge is 0.258 e. The average molecular weight is 513 g/mol. The summed E-state index contributed by atoms with van der Waals surface area (Å²) in [5, 5.41) is 24.7. The summed E-state index contributed by atoms with van der Waals surface area (Å²) in [5.74, 6) is 1.33. The van der Waals surface area contributed by atoms with Crippen molar-refractivity contribution in [3.8, 4) is 11.5 Å². The Morgan fingerprint density at radius 3 is 2.61 bits per heavy atom. The van der Waals surface area contributed by atoms with Gasteiger partial charge < -0.3 is 25.1 Å². The monoisotopic (exact) mass is 512 g/mol. The number of carbonyl (C=O) groups is 1. The number of amides is 1. The highest BCUT2D eigenvalue weighted by atomic mass is 16.4. The summed E-state index contributed by atoms with van der Waals surface area (Å²) in [6.07, 6.45) is 4.82. The van der Waals surface area contributed by atoms with Gasteiger partial charge >= 0.3 is 0 Å². The second-order valence-corrected chi connectivity index (χ2v) is 9.38. The third kappa shape index (κ3) is 4.59. The number of aliphatic hydroxyl groups is 1. The van der Waals surface area contributed by atoms with Crippen LogP contribution in [-0.2, 0) is 5.54 Å². The first-order chi connectivity index (χ1) is 18.3. The van der Waals surface area contributed by atoms with E-state index in [2.05, 4.69) is 42.4 Å². The van der Waals surface area contributed by atoms with Crippen LogP contribution in [0.3, 0.4) is 0 Å². The summed E-state index contributed by atoms with van der Waals surface area (Å²) >= 11 is 0. The fourth-order valence-corrected chi connectivity index (χ4v) is 4.47. The molecule has 0 spiro atoms. The fourth-order valence-electron chi connectivity index (χ4n) is 4.47. The van der Waals surface area contributed by atoms with Crippen molar-refractivity contribution in [1.82, 2.24) is 30.0 Å². The summed E-state index contributed by atoms with van der Waals surface area (Å²) in [6.45, 7) is 9.62. The minimum absolute atomic E-state index is 0.128. The summed E-state index contributed by atoms with van der Waals surface area (Å²) in [4.78, 5) is 28.1. The van der Waals surface area contributed by atoms with Gasteiger partial charge in [0, 0.05) is 31.9 Å². The van der Waals surface area contributed by atoms with Gasteiger partial charge in [-0.25, -0.2) is 15.0 Å². The number of rotatable bonds is 9. The van der Waals surface area contributed by atoms with Crippen LogP contribution in [-0.4, -0.2) is 54.2 Å². The van der Waals surface area contributed by atoms with Gasteiger partial charge in [0.25, 0.3) is 11.8 Å². The highest BCUT2D eigenvalue weighted by Gasteiger charge is 2.44. The molecular weight excluding hydrogens is 484 g/mol. The maximum absolute atomic E-state index is 12.9. The second-order valence-electron chi connectivity index (χ2n) is 9.38. The first-order valence-electron chi connectivity index (χ1n) is 12.1. The Morgan fingerprint density at radius 1 is 1.16 bits per heavy atom. The van der Waals surface area contributed by atoms with Crippen LogP contribution in [0.25, 0.3) is 11.5 Å². The van der Waals surface area contributed by atoms with E-state index < -0.39 is 11.6 Å². The molecule has 0 saturated heterocycles. The maximum atomic E-state index is 12.9. The summed E-state index contributed by atoms with van der Waals surface area (Å²) in [6, 6.07) is 11.0. The molecule has 194 valence electrons. The molecule has 38 heavy (non-hydrogen) atoms. The van der Waals surface area contributed by atoms with E-state index in [1.165, 1.54) is 6.20 Å².